The zero-order chi connectivity index (χ0) is 13.4. The van der Waals surface area contributed by atoms with Crippen LogP contribution in [0.5, 0.6) is 0 Å². The van der Waals surface area contributed by atoms with Crippen molar-refractivity contribution in [2.24, 2.45) is 11.8 Å². The SMILES string of the molecule is O=C(O)C1CCCCC1C(=O)NCCCCCO. The maximum absolute atomic E-state index is 11.9. The molecule has 2 unspecified atom stereocenters. The summed E-state index contributed by atoms with van der Waals surface area (Å²) in [6.07, 6.45) is 5.58. The van der Waals surface area contributed by atoms with Crippen LogP contribution in [-0.2, 0) is 9.59 Å². The summed E-state index contributed by atoms with van der Waals surface area (Å²) in [5.74, 6) is -1.86. The molecule has 0 heterocycles. The Morgan fingerprint density at radius 2 is 1.72 bits per heavy atom. The average molecular weight is 257 g/mol. The number of hydrogen-bond acceptors (Lipinski definition) is 3. The van der Waals surface area contributed by atoms with Gasteiger partial charge in [0, 0.05) is 13.2 Å². The molecule has 0 spiro atoms. The molecule has 0 bridgehead atoms. The van der Waals surface area contributed by atoms with Crippen molar-refractivity contribution in [3.63, 3.8) is 0 Å². The van der Waals surface area contributed by atoms with Crippen LogP contribution in [-0.4, -0.2) is 35.2 Å². The van der Waals surface area contributed by atoms with E-state index in [0.29, 0.717) is 19.4 Å². The standard InChI is InChI=1S/C13H23NO4/c15-9-5-1-4-8-14-12(16)10-6-2-3-7-11(10)13(17)18/h10-11,15H,1-9H2,(H,14,16)(H,17,18). The first-order chi connectivity index (χ1) is 8.66. The number of unbranched alkanes of at least 4 members (excludes halogenated alkanes) is 2. The van der Waals surface area contributed by atoms with Gasteiger partial charge in [-0.05, 0) is 32.1 Å². The fourth-order valence-corrected chi connectivity index (χ4v) is 2.50. The number of rotatable bonds is 7. The van der Waals surface area contributed by atoms with Gasteiger partial charge >= 0.3 is 5.97 Å². The second-order valence-electron chi connectivity index (χ2n) is 4.91. The third-order valence-corrected chi connectivity index (χ3v) is 3.55. The third-order valence-electron chi connectivity index (χ3n) is 3.55. The highest BCUT2D eigenvalue weighted by Crippen LogP contribution is 2.30. The molecule has 1 aliphatic rings. The smallest absolute Gasteiger partial charge is 0.307 e. The average Bonchev–Trinajstić information content (AvgIpc) is 2.38. The normalized spacial score (nSPS) is 23.6. The summed E-state index contributed by atoms with van der Waals surface area (Å²) in [5.41, 5.74) is 0. The van der Waals surface area contributed by atoms with Crippen molar-refractivity contribution in [3.05, 3.63) is 0 Å². The van der Waals surface area contributed by atoms with Crippen LogP contribution < -0.4 is 5.32 Å². The van der Waals surface area contributed by atoms with E-state index in [2.05, 4.69) is 5.32 Å². The summed E-state index contributed by atoms with van der Waals surface area (Å²) in [4.78, 5) is 23.0. The molecule has 0 aliphatic heterocycles. The Morgan fingerprint density at radius 1 is 1.06 bits per heavy atom. The van der Waals surface area contributed by atoms with E-state index in [1.54, 1.807) is 0 Å². The lowest BCUT2D eigenvalue weighted by molar-refractivity contribution is -0.148. The van der Waals surface area contributed by atoms with E-state index in [1.165, 1.54) is 0 Å². The van der Waals surface area contributed by atoms with Crippen molar-refractivity contribution in [3.8, 4) is 0 Å². The number of aliphatic hydroxyl groups is 1. The van der Waals surface area contributed by atoms with Crippen LogP contribution in [0.25, 0.3) is 0 Å². The molecule has 1 saturated carbocycles. The predicted molar refractivity (Wildman–Crippen MR) is 67.0 cm³/mol. The topological polar surface area (TPSA) is 86.6 Å². The van der Waals surface area contributed by atoms with E-state index < -0.39 is 11.9 Å². The zero-order valence-corrected chi connectivity index (χ0v) is 10.7. The monoisotopic (exact) mass is 257 g/mol. The summed E-state index contributed by atoms with van der Waals surface area (Å²) < 4.78 is 0. The lowest BCUT2D eigenvalue weighted by atomic mass is 9.78. The molecular formula is C13H23NO4. The first kappa shape index (κ1) is 15.0. The van der Waals surface area contributed by atoms with Crippen molar-refractivity contribution in [2.75, 3.05) is 13.2 Å². The van der Waals surface area contributed by atoms with E-state index in [0.717, 1.165) is 32.1 Å². The van der Waals surface area contributed by atoms with Gasteiger partial charge in [-0.15, -0.1) is 0 Å². The number of nitrogens with one attached hydrogen (secondary N) is 1. The van der Waals surface area contributed by atoms with Crippen molar-refractivity contribution in [1.82, 2.24) is 5.32 Å². The molecule has 0 radical (unpaired) electrons. The maximum atomic E-state index is 11.9. The molecule has 1 fully saturated rings. The Morgan fingerprint density at radius 3 is 2.33 bits per heavy atom. The predicted octanol–water partition coefficient (Wildman–Crippen LogP) is 1.16. The number of carbonyl (C=O) groups excluding carboxylic acids is 1. The van der Waals surface area contributed by atoms with Crippen molar-refractivity contribution in [2.45, 2.75) is 44.9 Å². The highest BCUT2D eigenvalue weighted by Gasteiger charge is 2.35. The largest absolute Gasteiger partial charge is 0.481 e. The summed E-state index contributed by atoms with van der Waals surface area (Å²) >= 11 is 0. The van der Waals surface area contributed by atoms with E-state index in [9.17, 15) is 9.59 Å². The molecule has 5 heteroatoms. The number of carbonyl (C=O) groups is 2. The molecule has 0 aromatic rings. The first-order valence-corrected chi connectivity index (χ1v) is 6.78. The summed E-state index contributed by atoms with van der Waals surface area (Å²) in [7, 11) is 0. The number of hydrogen-bond donors (Lipinski definition) is 3. The van der Waals surface area contributed by atoms with Gasteiger partial charge in [-0.25, -0.2) is 0 Å². The fraction of sp³-hybridized carbons (Fsp3) is 0.846. The molecule has 0 aromatic heterocycles. The van der Waals surface area contributed by atoms with Gasteiger partial charge < -0.3 is 15.5 Å². The molecule has 1 aliphatic carbocycles. The van der Waals surface area contributed by atoms with E-state index in [1.807, 2.05) is 0 Å². The molecule has 0 aromatic carbocycles. The van der Waals surface area contributed by atoms with Crippen LogP contribution in [0.1, 0.15) is 44.9 Å². The third kappa shape index (κ3) is 4.64. The Hall–Kier alpha value is -1.10. The zero-order valence-electron chi connectivity index (χ0n) is 10.7. The second kappa shape index (κ2) is 8.08. The van der Waals surface area contributed by atoms with E-state index >= 15 is 0 Å². The van der Waals surface area contributed by atoms with Crippen LogP contribution in [0, 0.1) is 11.8 Å². The number of carboxylic acid groups (broad SMARTS) is 1. The molecule has 1 rings (SSSR count). The molecule has 1 amide bonds. The van der Waals surface area contributed by atoms with Gasteiger partial charge in [0.05, 0.1) is 11.8 Å². The van der Waals surface area contributed by atoms with Crippen molar-refractivity contribution >= 4 is 11.9 Å². The Kier molecular flexibility index (Phi) is 6.72. The molecule has 5 nitrogen and oxygen atoms in total. The van der Waals surface area contributed by atoms with Gasteiger partial charge in [0.15, 0.2) is 0 Å². The van der Waals surface area contributed by atoms with Gasteiger partial charge in [0.2, 0.25) is 5.91 Å². The molecular weight excluding hydrogens is 234 g/mol. The van der Waals surface area contributed by atoms with Gasteiger partial charge in [0.1, 0.15) is 0 Å². The quantitative estimate of drug-likeness (QED) is 0.597. The Bertz CT molecular complexity index is 280. The van der Waals surface area contributed by atoms with Gasteiger partial charge in [0.25, 0.3) is 0 Å². The molecule has 0 saturated heterocycles. The van der Waals surface area contributed by atoms with E-state index in [-0.39, 0.29) is 18.4 Å². The van der Waals surface area contributed by atoms with E-state index in [4.69, 9.17) is 10.2 Å². The number of carboxylic acids is 1. The number of aliphatic carboxylic acids is 1. The number of amides is 1. The minimum atomic E-state index is -0.852. The highest BCUT2D eigenvalue weighted by molar-refractivity contribution is 5.84. The fourth-order valence-electron chi connectivity index (χ4n) is 2.50. The van der Waals surface area contributed by atoms with Crippen LogP contribution in [0.15, 0.2) is 0 Å². The summed E-state index contributed by atoms with van der Waals surface area (Å²) in [5, 5.41) is 20.5. The highest BCUT2D eigenvalue weighted by atomic mass is 16.4. The molecule has 18 heavy (non-hydrogen) atoms. The maximum Gasteiger partial charge on any atom is 0.307 e. The van der Waals surface area contributed by atoms with Crippen LogP contribution in [0.3, 0.4) is 0 Å². The van der Waals surface area contributed by atoms with Crippen LogP contribution in [0.4, 0.5) is 0 Å². The Balaban J connectivity index is 2.32. The first-order valence-electron chi connectivity index (χ1n) is 6.78. The van der Waals surface area contributed by atoms with Gasteiger partial charge in [-0.1, -0.05) is 12.8 Å². The van der Waals surface area contributed by atoms with Crippen molar-refractivity contribution in [1.29, 1.82) is 0 Å². The lowest BCUT2D eigenvalue weighted by Crippen LogP contribution is -2.40. The summed E-state index contributed by atoms with van der Waals surface area (Å²) in [6.45, 7) is 0.749. The van der Waals surface area contributed by atoms with Crippen LogP contribution >= 0.6 is 0 Å². The van der Waals surface area contributed by atoms with Gasteiger partial charge in [-0.3, -0.25) is 9.59 Å². The molecule has 2 atom stereocenters. The summed E-state index contributed by atoms with van der Waals surface area (Å²) in [6, 6.07) is 0. The minimum Gasteiger partial charge on any atom is -0.481 e. The molecule has 104 valence electrons. The minimum absolute atomic E-state index is 0.119. The van der Waals surface area contributed by atoms with Crippen LogP contribution in [0.2, 0.25) is 0 Å². The number of aliphatic hydroxyl groups excluding tert-OH is 1. The molecule has 3 N–H and O–H groups in total. The van der Waals surface area contributed by atoms with Crippen molar-refractivity contribution < 1.29 is 19.8 Å². The lowest BCUT2D eigenvalue weighted by Gasteiger charge is -2.27. The Labute approximate surface area is 108 Å². The second-order valence-corrected chi connectivity index (χ2v) is 4.91. The van der Waals surface area contributed by atoms with Gasteiger partial charge in [-0.2, -0.15) is 0 Å².